The van der Waals surface area contributed by atoms with Crippen LogP contribution in [-0.4, -0.2) is 50.5 Å². The number of benzene rings is 3. The van der Waals surface area contributed by atoms with E-state index in [0.29, 0.717) is 18.0 Å². The summed E-state index contributed by atoms with van der Waals surface area (Å²) in [4.78, 5) is 29.1. The molecule has 0 saturated heterocycles. The Morgan fingerprint density at radius 1 is 0.929 bits per heavy atom. The van der Waals surface area contributed by atoms with Crippen LogP contribution in [0, 0.1) is 12.8 Å². The number of nitrogens with one attached hydrogen (secondary N) is 1. The van der Waals surface area contributed by atoms with Gasteiger partial charge in [0.2, 0.25) is 21.8 Å². The Balaban J connectivity index is 1.90. The van der Waals surface area contributed by atoms with E-state index in [-0.39, 0.29) is 54.4 Å². The molecule has 0 aliphatic heterocycles. The zero-order valence-electron chi connectivity index (χ0n) is 24.5. The van der Waals surface area contributed by atoms with Crippen molar-refractivity contribution < 1.29 is 18.0 Å². The molecule has 0 bridgehead atoms. The number of hydrogen-bond acceptors (Lipinski definition) is 4. The van der Waals surface area contributed by atoms with Crippen LogP contribution in [0.3, 0.4) is 0 Å². The lowest BCUT2D eigenvalue weighted by Gasteiger charge is -2.32. The van der Waals surface area contributed by atoms with Crippen molar-refractivity contribution >= 4 is 50.7 Å². The molecule has 0 fully saturated rings. The highest BCUT2D eigenvalue weighted by Crippen LogP contribution is 2.31. The van der Waals surface area contributed by atoms with E-state index in [4.69, 9.17) is 23.2 Å². The van der Waals surface area contributed by atoms with Gasteiger partial charge in [0.1, 0.15) is 6.04 Å². The highest BCUT2D eigenvalue weighted by Gasteiger charge is 2.31. The van der Waals surface area contributed by atoms with Crippen LogP contribution < -0.4 is 9.62 Å². The molecule has 42 heavy (non-hydrogen) atoms. The molecule has 0 aliphatic rings. The average molecular weight is 633 g/mol. The summed E-state index contributed by atoms with van der Waals surface area (Å²) >= 11 is 12.4. The van der Waals surface area contributed by atoms with Gasteiger partial charge in [0, 0.05) is 37.5 Å². The van der Waals surface area contributed by atoms with Gasteiger partial charge >= 0.3 is 0 Å². The van der Waals surface area contributed by atoms with E-state index in [0.717, 1.165) is 27.3 Å². The van der Waals surface area contributed by atoms with Crippen LogP contribution in [0.5, 0.6) is 0 Å². The van der Waals surface area contributed by atoms with E-state index in [1.54, 1.807) is 11.0 Å². The maximum Gasteiger partial charge on any atom is 0.243 e. The summed E-state index contributed by atoms with van der Waals surface area (Å²) in [5.41, 5.74) is 3.14. The molecule has 0 spiro atoms. The summed E-state index contributed by atoms with van der Waals surface area (Å²) in [6, 6.07) is 21.3. The monoisotopic (exact) mass is 631 g/mol. The lowest BCUT2D eigenvalue weighted by Crippen LogP contribution is -2.51. The van der Waals surface area contributed by atoms with E-state index >= 15 is 0 Å². The Kier molecular flexibility index (Phi) is 12.3. The molecule has 3 rings (SSSR count). The van der Waals surface area contributed by atoms with Gasteiger partial charge in [0.25, 0.3) is 0 Å². The van der Waals surface area contributed by atoms with Gasteiger partial charge in [0.05, 0.1) is 17.0 Å². The molecule has 1 N–H and O–H groups in total. The molecule has 0 aromatic heterocycles. The fourth-order valence-electron chi connectivity index (χ4n) is 4.64. The van der Waals surface area contributed by atoms with Gasteiger partial charge in [-0.1, -0.05) is 97.2 Å². The zero-order valence-corrected chi connectivity index (χ0v) is 26.8. The molecule has 2 amide bonds. The maximum absolute atomic E-state index is 13.9. The summed E-state index contributed by atoms with van der Waals surface area (Å²) in [5.74, 6) is -0.229. The second-order valence-electron chi connectivity index (χ2n) is 10.9. The van der Waals surface area contributed by atoms with E-state index in [2.05, 4.69) is 5.32 Å². The van der Waals surface area contributed by atoms with Crippen molar-refractivity contribution in [2.24, 2.45) is 5.92 Å². The standard InChI is InChI=1S/C32H39Cl2N3O4S/c1-23(2)21-35-32(39)30(19-25-11-6-5-7-12-25)36(22-26-13-8-10-24(3)18-26)31(38)14-9-17-37(42(4,40)41)29-20-27(33)15-16-28(29)34/h5-8,10-13,15-16,18,20,23,30H,9,14,17,19,21-22H2,1-4H3,(H,35,39)/t30-/m0/s1. The largest absolute Gasteiger partial charge is 0.354 e. The fraction of sp³-hybridized carbons (Fsp3) is 0.375. The predicted octanol–water partition coefficient (Wildman–Crippen LogP) is 6.26. The number of halogens is 2. The van der Waals surface area contributed by atoms with Crippen molar-refractivity contribution in [3.8, 4) is 0 Å². The van der Waals surface area contributed by atoms with Gasteiger partial charge < -0.3 is 10.2 Å². The summed E-state index contributed by atoms with van der Waals surface area (Å²) in [6.45, 7) is 6.76. The second-order valence-corrected chi connectivity index (χ2v) is 13.6. The molecule has 0 saturated carbocycles. The van der Waals surface area contributed by atoms with Crippen molar-refractivity contribution in [1.82, 2.24) is 10.2 Å². The number of nitrogens with zero attached hydrogens (tertiary/aromatic N) is 2. The number of hydrogen-bond donors (Lipinski definition) is 1. The highest BCUT2D eigenvalue weighted by molar-refractivity contribution is 7.92. The first-order valence-electron chi connectivity index (χ1n) is 13.9. The van der Waals surface area contributed by atoms with Crippen LogP contribution in [0.25, 0.3) is 0 Å². The first kappa shape index (κ1) is 33.4. The number of anilines is 1. The highest BCUT2D eigenvalue weighted by atomic mass is 35.5. The Morgan fingerprint density at radius 3 is 2.26 bits per heavy atom. The number of sulfonamides is 1. The van der Waals surface area contributed by atoms with Gasteiger partial charge in [0.15, 0.2) is 0 Å². The number of carbonyl (C=O) groups is 2. The van der Waals surface area contributed by atoms with Crippen LogP contribution in [0.2, 0.25) is 10.0 Å². The second kappa shape index (κ2) is 15.4. The van der Waals surface area contributed by atoms with Gasteiger partial charge in [-0.3, -0.25) is 13.9 Å². The maximum atomic E-state index is 13.9. The molecular formula is C32H39Cl2N3O4S. The Morgan fingerprint density at radius 2 is 1.62 bits per heavy atom. The smallest absolute Gasteiger partial charge is 0.243 e. The van der Waals surface area contributed by atoms with Gasteiger partial charge in [-0.2, -0.15) is 0 Å². The summed E-state index contributed by atoms with van der Waals surface area (Å²) < 4.78 is 26.5. The third-order valence-corrected chi connectivity index (χ3v) is 8.45. The average Bonchev–Trinajstić information content (AvgIpc) is 2.93. The van der Waals surface area contributed by atoms with Gasteiger partial charge in [-0.05, 0) is 48.6 Å². The Hall–Kier alpha value is -3.07. The molecule has 0 radical (unpaired) electrons. The fourth-order valence-corrected chi connectivity index (χ4v) is 6.05. The number of aryl methyl sites for hydroxylation is 1. The van der Waals surface area contributed by atoms with Crippen LogP contribution in [0.1, 0.15) is 43.4 Å². The quantitative estimate of drug-likeness (QED) is 0.227. The minimum atomic E-state index is -3.71. The molecule has 10 heteroatoms. The van der Waals surface area contributed by atoms with Crippen LogP contribution >= 0.6 is 23.2 Å². The van der Waals surface area contributed by atoms with E-state index in [1.165, 1.54) is 12.1 Å². The van der Waals surface area contributed by atoms with Crippen LogP contribution in [0.15, 0.2) is 72.8 Å². The first-order valence-corrected chi connectivity index (χ1v) is 16.5. The Bertz CT molecular complexity index is 1470. The first-order chi connectivity index (χ1) is 19.8. The van der Waals surface area contributed by atoms with Crippen LogP contribution in [-0.2, 0) is 32.6 Å². The van der Waals surface area contributed by atoms with E-state index in [9.17, 15) is 18.0 Å². The topological polar surface area (TPSA) is 86.8 Å². The summed E-state index contributed by atoms with van der Waals surface area (Å²) in [5, 5.41) is 3.60. The normalized spacial score (nSPS) is 12.2. The number of carbonyl (C=O) groups excluding carboxylic acids is 2. The summed E-state index contributed by atoms with van der Waals surface area (Å²) in [6.07, 6.45) is 1.67. The molecule has 226 valence electrons. The molecule has 1 atom stereocenters. The SMILES string of the molecule is Cc1cccc(CN(C(=O)CCCN(c2cc(Cl)ccc2Cl)S(C)(=O)=O)[C@@H](Cc2ccccc2)C(=O)NCC(C)C)c1. The molecule has 3 aromatic carbocycles. The molecule has 7 nitrogen and oxygen atoms in total. The van der Waals surface area contributed by atoms with Crippen molar-refractivity contribution in [2.45, 2.75) is 52.6 Å². The number of rotatable bonds is 14. The van der Waals surface area contributed by atoms with Crippen molar-refractivity contribution in [3.63, 3.8) is 0 Å². The summed E-state index contributed by atoms with van der Waals surface area (Å²) in [7, 11) is -3.71. The van der Waals surface area contributed by atoms with E-state index < -0.39 is 16.1 Å². The minimum Gasteiger partial charge on any atom is -0.354 e. The van der Waals surface area contributed by atoms with Gasteiger partial charge in [-0.25, -0.2) is 8.42 Å². The molecule has 3 aromatic rings. The third kappa shape index (κ3) is 10.0. The van der Waals surface area contributed by atoms with Gasteiger partial charge in [-0.15, -0.1) is 0 Å². The van der Waals surface area contributed by atoms with Crippen molar-refractivity contribution in [2.75, 3.05) is 23.7 Å². The van der Waals surface area contributed by atoms with Crippen LogP contribution in [0.4, 0.5) is 5.69 Å². The lowest BCUT2D eigenvalue weighted by molar-refractivity contribution is -0.141. The predicted molar refractivity (Wildman–Crippen MR) is 171 cm³/mol. The Labute approximate surface area is 259 Å². The zero-order chi connectivity index (χ0) is 30.9. The third-order valence-electron chi connectivity index (χ3n) is 6.72. The minimum absolute atomic E-state index is 0.0197. The molecule has 0 unspecified atom stereocenters. The van der Waals surface area contributed by atoms with Crippen molar-refractivity contribution in [1.29, 1.82) is 0 Å². The molecule has 0 heterocycles. The molecular weight excluding hydrogens is 593 g/mol. The molecule has 0 aliphatic carbocycles. The van der Waals surface area contributed by atoms with E-state index in [1.807, 2.05) is 75.4 Å². The lowest BCUT2D eigenvalue weighted by atomic mass is 10.0. The van der Waals surface area contributed by atoms with Crippen molar-refractivity contribution in [3.05, 3.63) is 99.5 Å². The number of amides is 2.